The number of nitro groups is 1. The molecule has 8 nitrogen and oxygen atoms in total. The molecule has 0 spiro atoms. The van der Waals surface area contributed by atoms with Gasteiger partial charge in [0.05, 0.1) is 4.92 Å². The first kappa shape index (κ1) is 20.6. The van der Waals surface area contributed by atoms with Gasteiger partial charge in [-0.25, -0.2) is 0 Å². The number of rotatable bonds is 6. The molecule has 0 saturated carbocycles. The Bertz CT molecular complexity index is 878. The summed E-state index contributed by atoms with van der Waals surface area (Å²) in [5, 5.41) is 14.0. The standard InChI is InChI=1S/C20H21ClN4O4/c21-16-3-1-15(2-4-16)20(27)22-10-9-19(26)24-13-11-23(12-14-24)17-5-7-18(8-6-17)25(28)29/h1-8H,9-14H2,(H,22,27). The Morgan fingerprint density at radius 1 is 1.00 bits per heavy atom. The molecular weight excluding hydrogens is 396 g/mol. The zero-order chi connectivity index (χ0) is 20.8. The molecule has 3 rings (SSSR count). The summed E-state index contributed by atoms with van der Waals surface area (Å²) in [6, 6.07) is 13.0. The van der Waals surface area contributed by atoms with Crippen molar-refractivity contribution in [2.75, 3.05) is 37.6 Å². The number of nitrogens with one attached hydrogen (secondary N) is 1. The largest absolute Gasteiger partial charge is 0.368 e. The van der Waals surface area contributed by atoms with E-state index in [1.165, 1.54) is 12.1 Å². The third-order valence-corrected chi connectivity index (χ3v) is 5.04. The number of anilines is 1. The molecule has 1 heterocycles. The molecular formula is C20H21ClN4O4. The van der Waals surface area contributed by atoms with E-state index >= 15 is 0 Å². The highest BCUT2D eigenvalue weighted by molar-refractivity contribution is 6.30. The summed E-state index contributed by atoms with van der Waals surface area (Å²) in [6.07, 6.45) is 0.233. The Kier molecular flexibility index (Phi) is 6.66. The maximum Gasteiger partial charge on any atom is 0.269 e. The van der Waals surface area contributed by atoms with Gasteiger partial charge in [-0.3, -0.25) is 19.7 Å². The van der Waals surface area contributed by atoms with Crippen molar-refractivity contribution in [3.05, 3.63) is 69.2 Å². The first-order valence-corrected chi connectivity index (χ1v) is 9.63. The van der Waals surface area contributed by atoms with Crippen molar-refractivity contribution in [3.63, 3.8) is 0 Å². The van der Waals surface area contributed by atoms with Crippen molar-refractivity contribution < 1.29 is 14.5 Å². The van der Waals surface area contributed by atoms with Crippen molar-refractivity contribution >= 4 is 34.8 Å². The molecule has 0 aliphatic carbocycles. The summed E-state index contributed by atoms with van der Waals surface area (Å²) in [6.45, 7) is 2.71. The van der Waals surface area contributed by atoms with Gasteiger partial charge < -0.3 is 15.1 Å². The van der Waals surface area contributed by atoms with Gasteiger partial charge in [0.1, 0.15) is 0 Å². The average Bonchev–Trinajstić information content (AvgIpc) is 2.74. The van der Waals surface area contributed by atoms with E-state index in [-0.39, 0.29) is 30.5 Å². The summed E-state index contributed by atoms with van der Waals surface area (Å²) in [7, 11) is 0. The summed E-state index contributed by atoms with van der Waals surface area (Å²) in [5.41, 5.74) is 1.46. The Morgan fingerprint density at radius 3 is 2.21 bits per heavy atom. The van der Waals surface area contributed by atoms with Crippen LogP contribution in [0.3, 0.4) is 0 Å². The lowest BCUT2D eigenvalue weighted by atomic mass is 10.2. The highest BCUT2D eigenvalue weighted by Gasteiger charge is 2.21. The smallest absolute Gasteiger partial charge is 0.269 e. The van der Waals surface area contributed by atoms with Crippen LogP contribution >= 0.6 is 11.6 Å². The minimum atomic E-state index is -0.425. The SMILES string of the molecule is O=C(NCCC(=O)N1CCN(c2ccc([N+](=O)[O-])cc2)CC1)c1ccc(Cl)cc1. The second-order valence-corrected chi connectivity index (χ2v) is 7.09. The minimum absolute atomic E-state index is 0.00949. The maximum atomic E-state index is 12.4. The van der Waals surface area contributed by atoms with Crippen molar-refractivity contribution in [2.45, 2.75) is 6.42 Å². The van der Waals surface area contributed by atoms with E-state index in [4.69, 9.17) is 11.6 Å². The maximum absolute atomic E-state index is 12.4. The van der Waals surface area contributed by atoms with Gasteiger partial charge in [-0.15, -0.1) is 0 Å². The van der Waals surface area contributed by atoms with E-state index < -0.39 is 4.92 Å². The molecule has 1 saturated heterocycles. The van der Waals surface area contributed by atoms with Crippen molar-refractivity contribution in [1.82, 2.24) is 10.2 Å². The van der Waals surface area contributed by atoms with Crippen LogP contribution in [0.4, 0.5) is 11.4 Å². The number of hydrogen-bond donors (Lipinski definition) is 1. The zero-order valence-corrected chi connectivity index (χ0v) is 16.5. The summed E-state index contributed by atoms with van der Waals surface area (Å²) in [4.78, 5) is 38.6. The average molecular weight is 417 g/mol. The lowest BCUT2D eigenvalue weighted by Gasteiger charge is -2.36. The number of piperazine rings is 1. The number of carbonyl (C=O) groups excluding carboxylic acids is 2. The van der Waals surface area contributed by atoms with Gasteiger partial charge in [0.2, 0.25) is 5.91 Å². The summed E-state index contributed by atoms with van der Waals surface area (Å²) in [5.74, 6) is -0.248. The van der Waals surface area contributed by atoms with Crippen LogP contribution in [-0.4, -0.2) is 54.4 Å². The fraction of sp³-hybridized carbons (Fsp3) is 0.300. The van der Waals surface area contributed by atoms with Gasteiger partial charge >= 0.3 is 0 Å². The molecule has 1 aliphatic heterocycles. The Hall–Kier alpha value is -3.13. The number of carbonyl (C=O) groups is 2. The zero-order valence-electron chi connectivity index (χ0n) is 15.7. The predicted molar refractivity (Wildman–Crippen MR) is 110 cm³/mol. The first-order chi connectivity index (χ1) is 13.9. The number of nitro benzene ring substituents is 1. The number of nitrogens with zero attached hydrogens (tertiary/aromatic N) is 3. The third kappa shape index (κ3) is 5.45. The molecule has 2 aromatic rings. The van der Waals surface area contributed by atoms with Crippen LogP contribution in [-0.2, 0) is 4.79 Å². The number of hydrogen-bond acceptors (Lipinski definition) is 5. The molecule has 9 heteroatoms. The van der Waals surface area contributed by atoms with E-state index in [9.17, 15) is 19.7 Å². The fourth-order valence-electron chi connectivity index (χ4n) is 3.14. The van der Waals surface area contributed by atoms with Crippen LogP contribution in [0.5, 0.6) is 0 Å². The molecule has 0 radical (unpaired) electrons. The van der Waals surface area contributed by atoms with Gasteiger partial charge in [0.25, 0.3) is 11.6 Å². The van der Waals surface area contributed by atoms with Crippen LogP contribution < -0.4 is 10.2 Å². The highest BCUT2D eigenvalue weighted by Crippen LogP contribution is 2.20. The molecule has 0 unspecified atom stereocenters. The van der Waals surface area contributed by atoms with Gasteiger partial charge in [0, 0.05) is 67.6 Å². The van der Waals surface area contributed by atoms with Crippen LogP contribution in [0, 0.1) is 10.1 Å². The van der Waals surface area contributed by atoms with Crippen LogP contribution in [0.25, 0.3) is 0 Å². The molecule has 1 fully saturated rings. The number of halogens is 1. The van der Waals surface area contributed by atoms with E-state index in [0.29, 0.717) is 36.8 Å². The topological polar surface area (TPSA) is 95.8 Å². The molecule has 29 heavy (non-hydrogen) atoms. The molecule has 2 aromatic carbocycles. The lowest BCUT2D eigenvalue weighted by molar-refractivity contribution is -0.384. The molecule has 2 amide bonds. The Morgan fingerprint density at radius 2 is 1.62 bits per heavy atom. The van der Waals surface area contributed by atoms with Gasteiger partial charge in [-0.05, 0) is 36.4 Å². The van der Waals surface area contributed by atoms with Gasteiger partial charge in [-0.2, -0.15) is 0 Å². The lowest BCUT2D eigenvalue weighted by Crippen LogP contribution is -2.49. The van der Waals surface area contributed by atoms with E-state index in [1.807, 2.05) is 0 Å². The molecule has 0 aromatic heterocycles. The fourth-order valence-corrected chi connectivity index (χ4v) is 3.27. The predicted octanol–water partition coefficient (Wildman–Crippen LogP) is 2.72. The van der Waals surface area contributed by atoms with Crippen molar-refractivity contribution in [3.8, 4) is 0 Å². The summed E-state index contributed by atoms with van der Waals surface area (Å²) >= 11 is 5.80. The third-order valence-electron chi connectivity index (χ3n) is 4.79. The molecule has 1 N–H and O–H groups in total. The number of amides is 2. The van der Waals surface area contributed by atoms with Crippen LogP contribution in [0.2, 0.25) is 5.02 Å². The van der Waals surface area contributed by atoms with Crippen molar-refractivity contribution in [2.24, 2.45) is 0 Å². The molecule has 0 atom stereocenters. The van der Waals surface area contributed by atoms with E-state index in [1.54, 1.807) is 41.3 Å². The van der Waals surface area contributed by atoms with E-state index in [2.05, 4.69) is 10.2 Å². The minimum Gasteiger partial charge on any atom is -0.368 e. The monoisotopic (exact) mass is 416 g/mol. The molecule has 152 valence electrons. The Balaban J connectivity index is 1.42. The normalized spacial score (nSPS) is 13.8. The number of benzene rings is 2. The summed E-state index contributed by atoms with van der Waals surface area (Å²) < 4.78 is 0. The molecule has 1 aliphatic rings. The second-order valence-electron chi connectivity index (χ2n) is 6.65. The molecule has 0 bridgehead atoms. The number of non-ortho nitro benzene ring substituents is 1. The quantitative estimate of drug-likeness (QED) is 0.577. The van der Waals surface area contributed by atoms with Gasteiger partial charge in [-0.1, -0.05) is 11.6 Å². The van der Waals surface area contributed by atoms with Gasteiger partial charge in [0.15, 0.2) is 0 Å². The first-order valence-electron chi connectivity index (χ1n) is 9.25. The van der Waals surface area contributed by atoms with E-state index in [0.717, 1.165) is 5.69 Å². The Labute approximate surface area is 173 Å². The second kappa shape index (κ2) is 9.38. The highest BCUT2D eigenvalue weighted by atomic mass is 35.5. The van der Waals surface area contributed by atoms with Crippen LogP contribution in [0.15, 0.2) is 48.5 Å². The van der Waals surface area contributed by atoms with Crippen molar-refractivity contribution in [1.29, 1.82) is 0 Å². The van der Waals surface area contributed by atoms with Crippen LogP contribution in [0.1, 0.15) is 16.8 Å².